The van der Waals surface area contributed by atoms with Crippen LogP contribution in [0.1, 0.15) is 40.0 Å². The summed E-state index contributed by atoms with van der Waals surface area (Å²) in [6, 6.07) is 0. The molecule has 5 aliphatic rings. The predicted molar refractivity (Wildman–Crippen MR) is 98.1 cm³/mol. The number of Topliss-reactive ketones (excluding diaryl/α,β-unsaturated/α-hetero) is 1. The maximum Gasteiger partial charge on any atom is 0.190 e. The molecule has 0 radical (unpaired) electrons. The molecule has 1 spiro atoms. The van der Waals surface area contributed by atoms with Crippen molar-refractivity contribution < 1.29 is 33.7 Å². The molecule has 0 amide bonds. The van der Waals surface area contributed by atoms with Gasteiger partial charge in [0.1, 0.15) is 24.0 Å². The van der Waals surface area contributed by atoms with Crippen molar-refractivity contribution in [3.8, 4) is 0 Å². The van der Waals surface area contributed by atoms with E-state index >= 15 is 8.78 Å². The van der Waals surface area contributed by atoms with Crippen LogP contribution in [0.5, 0.6) is 0 Å². The molecule has 3 N–H and O–H groups in total. The van der Waals surface area contributed by atoms with Gasteiger partial charge in [-0.2, -0.15) is 0 Å². The van der Waals surface area contributed by atoms with Gasteiger partial charge in [0, 0.05) is 28.1 Å². The first-order chi connectivity index (χ1) is 13.4. The number of carbonyl (C=O) groups excluding carboxylic acids is 2. The minimum Gasteiger partial charge on any atom is -0.390 e. The predicted octanol–water partition coefficient (Wildman–Crippen LogP) is 1.53. The van der Waals surface area contributed by atoms with Gasteiger partial charge in [0.05, 0.1) is 6.10 Å². The minimum absolute atomic E-state index is 0.159. The van der Waals surface area contributed by atoms with Gasteiger partial charge in [-0.05, 0) is 37.2 Å². The molecule has 0 unspecified atom stereocenters. The van der Waals surface area contributed by atoms with Crippen LogP contribution in [0.3, 0.4) is 0 Å². The summed E-state index contributed by atoms with van der Waals surface area (Å²) in [5.41, 5.74) is -7.81. The smallest absolute Gasteiger partial charge is 0.190 e. The number of halogens is 2. The molecule has 0 saturated heterocycles. The van der Waals surface area contributed by atoms with Crippen LogP contribution in [0, 0.1) is 39.9 Å². The van der Waals surface area contributed by atoms with Crippen molar-refractivity contribution in [3.63, 3.8) is 0 Å². The highest BCUT2D eigenvalue weighted by Crippen LogP contribution is 2.86. The van der Waals surface area contributed by atoms with Crippen LogP contribution in [-0.2, 0) is 9.59 Å². The van der Waals surface area contributed by atoms with E-state index in [0.717, 1.165) is 0 Å². The number of aliphatic hydroxyl groups is 3. The number of alkyl halides is 2. The Labute approximate surface area is 168 Å². The fraction of sp³-hybridized carbons (Fsp3) is 0.818. The van der Waals surface area contributed by atoms with E-state index in [4.69, 9.17) is 0 Å². The molecule has 29 heavy (non-hydrogen) atoms. The highest BCUT2D eigenvalue weighted by molar-refractivity contribution is 6.01. The Bertz CT molecular complexity index is 860. The molecule has 7 heteroatoms. The van der Waals surface area contributed by atoms with Crippen molar-refractivity contribution in [2.75, 3.05) is 6.61 Å². The Morgan fingerprint density at radius 3 is 2.55 bits per heavy atom. The van der Waals surface area contributed by atoms with Crippen LogP contribution in [0.25, 0.3) is 0 Å². The monoisotopic (exact) mass is 410 g/mol. The van der Waals surface area contributed by atoms with Crippen molar-refractivity contribution in [2.45, 2.75) is 63.6 Å². The molecule has 5 aliphatic carbocycles. The number of rotatable bonds is 2. The molecule has 5 nitrogen and oxygen atoms in total. The minimum atomic E-state index is -2.18. The molecule has 0 aliphatic heterocycles. The average Bonchev–Trinajstić information content (AvgIpc) is 2.96. The molecule has 11 atom stereocenters. The highest BCUT2D eigenvalue weighted by Gasteiger charge is 2.92. The third kappa shape index (κ3) is 1.63. The van der Waals surface area contributed by atoms with E-state index < -0.39 is 75.9 Å². The highest BCUT2D eigenvalue weighted by atomic mass is 19.1. The number of ketones is 2. The molecule has 0 bridgehead atoms. The van der Waals surface area contributed by atoms with E-state index in [-0.39, 0.29) is 18.6 Å². The number of hydrogen-bond acceptors (Lipinski definition) is 5. The lowest BCUT2D eigenvalue weighted by atomic mass is 9.47. The van der Waals surface area contributed by atoms with E-state index in [9.17, 15) is 24.9 Å². The number of hydrogen-bond donors (Lipinski definition) is 3. The van der Waals surface area contributed by atoms with Crippen molar-refractivity contribution in [1.29, 1.82) is 0 Å². The molecule has 0 heterocycles. The van der Waals surface area contributed by atoms with Gasteiger partial charge in [-0.3, -0.25) is 9.59 Å². The van der Waals surface area contributed by atoms with E-state index in [2.05, 4.69) is 0 Å². The van der Waals surface area contributed by atoms with Crippen molar-refractivity contribution in [1.82, 2.24) is 0 Å². The summed E-state index contributed by atoms with van der Waals surface area (Å²) in [7, 11) is 0. The third-order valence-electron chi connectivity index (χ3n) is 10.2. The van der Waals surface area contributed by atoms with Gasteiger partial charge in [0.15, 0.2) is 11.6 Å². The second-order valence-corrected chi connectivity index (χ2v) is 10.6. The normalized spacial score (nSPS) is 62.3. The van der Waals surface area contributed by atoms with E-state index in [1.807, 2.05) is 0 Å². The van der Waals surface area contributed by atoms with Gasteiger partial charge in [-0.1, -0.05) is 26.8 Å². The molecule has 0 aromatic carbocycles. The molecular weight excluding hydrogens is 382 g/mol. The zero-order chi connectivity index (χ0) is 21.4. The molecule has 0 aromatic heterocycles. The number of carbonyl (C=O) groups is 2. The van der Waals surface area contributed by atoms with Crippen molar-refractivity contribution in [3.05, 3.63) is 12.2 Å². The summed E-state index contributed by atoms with van der Waals surface area (Å²) in [6.07, 6.45) is -0.173. The Morgan fingerprint density at radius 1 is 1.28 bits per heavy atom. The van der Waals surface area contributed by atoms with Crippen LogP contribution in [0.4, 0.5) is 8.78 Å². The summed E-state index contributed by atoms with van der Waals surface area (Å²) in [6.45, 7) is 4.06. The van der Waals surface area contributed by atoms with Gasteiger partial charge in [-0.15, -0.1) is 0 Å². The first-order valence-electron chi connectivity index (χ1n) is 10.5. The molecule has 5 rings (SSSR count). The number of fused-ring (bicyclic) bond motifs is 5. The Kier molecular flexibility index (Phi) is 3.52. The fourth-order valence-corrected chi connectivity index (χ4v) is 8.81. The van der Waals surface area contributed by atoms with E-state index in [1.165, 1.54) is 12.2 Å². The van der Waals surface area contributed by atoms with Crippen LogP contribution in [0.2, 0.25) is 0 Å². The molecule has 4 fully saturated rings. The van der Waals surface area contributed by atoms with Crippen LogP contribution < -0.4 is 0 Å². The topological polar surface area (TPSA) is 94.8 Å². The van der Waals surface area contributed by atoms with Crippen molar-refractivity contribution in [2.24, 2.45) is 39.9 Å². The number of aliphatic hydroxyl groups excluding tert-OH is 2. The maximum atomic E-state index is 16.9. The lowest BCUT2D eigenvalue weighted by molar-refractivity contribution is -0.230. The molecule has 4 saturated carbocycles. The first-order valence-corrected chi connectivity index (χ1v) is 10.5. The molecular formula is C22H28F2O5. The summed E-state index contributed by atoms with van der Waals surface area (Å²) in [5.74, 6) is -3.87. The Hall–Kier alpha value is -1.18. The van der Waals surface area contributed by atoms with Gasteiger partial charge >= 0.3 is 0 Å². The van der Waals surface area contributed by atoms with Crippen molar-refractivity contribution >= 4 is 11.6 Å². The zero-order valence-corrected chi connectivity index (χ0v) is 16.9. The quantitative estimate of drug-likeness (QED) is 0.642. The second kappa shape index (κ2) is 5.17. The summed E-state index contributed by atoms with van der Waals surface area (Å²) in [4.78, 5) is 25.0. The Balaban J connectivity index is 1.65. The third-order valence-corrected chi connectivity index (χ3v) is 10.2. The van der Waals surface area contributed by atoms with Crippen LogP contribution in [-0.4, -0.2) is 57.0 Å². The van der Waals surface area contributed by atoms with Crippen LogP contribution >= 0.6 is 0 Å². The lowest BCUT2D eigenvalue weighted by Crippen LogP contribution is -2.69. The lowest BCUT2D eigenvalue weighted by Gasteiger charge is -2.60. The standard InChI is InChI=1S/C22H28F2O5/c1-10-6-11-12-7-14(23)20-5-4-13(26)17(20)19(20,3)21(12,24)15(27)8-18(11,2)22(10,29)16(28)9-25/h4-5,10-12,14-15,17,25,27,29H,6-9H2,1-3H3/t10-,11+,12+,14+,15+,17-,18+,19-,20+,21+,22+/m1/s1. The second-order valence-electron chi connectivity index (χ2n) is 10.6. The van der Waals surface area contributed by atoms with Crippen LogP contribution in [0.15, 0.2) is 12.2 Å². The van der Waals surface area contributed by atoms with E-state index in [1.54, 1.807) is 20.8 Å². The summed E-state index contributed by atoms with van der Waals surface area (Å²) in [5, 5.41) is 31.9. The van der Waals surface area contributed by atoms with Gasteiger partial charge in [-0.25, -0.2) is 8.78 Å². The van der Waals surface area contributed by atoms with Gasteiger partial charge in [0.2, 0.25) is 0 Å². The molecule has 0 aromatic rings. The number of allylic oxidation sites excluding steroid dienone is 2. The summed E-state index contributed by atoms with van der Waals surface area (Å²) >= 11 is 0. The Morgan fingerprint density at radius 2 is 1.93 bits per heavy atom. The molecule has 160 valence electrons. The fourth-order valence-electron chi connectivity index (χ4n) is 8.81. The van der Waals surface area contributed by atoms with Gasteiger partial charge < -0.3 is 15.3 Å². The summed E-state index contributed by atoms with van der Waals surface area (Å²) < 4.78 is 32.5. The average molecular weight is 410 g/mol. The zero-order valence-electron chi connectivity index (χ0n) is 16.9. The SMILES string of the molecule is C[C@@H]1C[C@H]2[C@@H]3C[C@H](F)[C@@]45C=CC(=O)[C@@H]4[C@@]5(C)[C@@]3(F)[C@@H](O)C[C@]2(C)[C@@]1(O)C(=O)CO. The van der Waals surface area contributed by atoms with E-state index in [0.29, 0.717) is 6.42 Å². The maximum absolute atomic E-state index is 16.9. The largest absolute Gasteiger partial charge is 0.390 e. The first kappa shape index (κ1) is 19.8. The van der Waals surface area contributed by atoms with Gasteiger partial charge in [0.25, 0.3) is 0 Å².